The molecule has 0 saturated heterocycles. The molecular formula is C16H21FN2O3. The van der Waals surface area contributed by atoms with Crippen molar-refractivity contribution in [3.63, 3.8) is 0 Å². The van der Waals surface area contributed by atoms with Gasteiger partial charge in [0.15, 0.2) is 0 Å². The fourth-order valence-electron chi connectivity index (χ4n) is 2.15. The van der Waals surface area contributed by atoms with Crippen LogP contribution in [0, 0.1) is 11.7 Å². The number of halogens is 1. The summed E-state index contributed by atoms with van der Waals surface area (Å²) < 4.78 is 13.7. The van der Waals surface area contributed by atoms with Crippen LogP contribution >= 0.6 is 0 Å². The lowest BCUT2D eigenvalue weighted by Gasteiger charge is -2.21. The fourth-order valence-corrected chi connectivity index (χ4v) is 2.15. The Balaban J connectivity index is 2.03. The molecule has 6 heteroatoms. The van der Waals surface area contributed by atoms with Gasteiger partial charge < -0.3 is 15.7 Å². The van der Waals surface area contributed by atoms with E-state index in [0.717, 1.165) is 12.8 Å². The van der Waals surface area contributed by atoms with E-state index < -0.39 is 23.9 Å². The molecule has 5 nitrogen and oxygen atoms in total. The molecular weight excluding hydrogens is 287 g/mol. The number of rotatable bonds is 6. The largest absolute Gasteiger partial charge is 0.391 e. The molecule has 0 bridgehead atoms. The van der Waals surface area contributed by atoms with Crippen molar-refractivity contribution >= 4 is 17.5 Å². The van der Waals surface area contributed by atoms with Gasteiger partial charge in [-0.05, 0) is 43.9 Å². The Morgan fingerprint density at radius 2 is 2.09 bits per heavy atom. The van der Waals surface area contributed by atoms with Crippen LogP contribution in [0.15, 0.2) is 18.2 Å². The summed E-state index contributed by atoms with van der Waals surface area (Å²) in [6.07, 6.45) is 1.14. The monoisotopic (exact) mass is 308 g/mol. The van der Waals surface area contributed by atoms with Crippen LogP contribution in [0.25, 0.3) is 0 Å². The minimum atomic E-state index is -1.05. The van der Waals surface area contributed by atoms with Gasteiger partial charge in [0.1, 0.15) is 11.9 Å². The minimum absolute atomic E-state index is 0.0599. The molecule has 1 saturated carbocycles. The molecule has 1 fully saturated rings. The highest BCUT2D eigenvalue weighted by molar-refractivity contribution is 5.98. The lowest BCUT2D eigenvalue weighted by molar-refractivity contribution is -0.129. The molecule has 2 amide bonds. The van der Waals surface area contributed by atoms with E-state index in [1.807, 2.05) is 6.92 Å². The lowest BCUT2D eigenvalue weighted by atomic mass is 10.1. The molecule has 2 unspecified atom stereocenters. The SMILES string of the molecule is CCc1ccc(NC(=O)C(NC(=O)C2CC2)C(C)O)cc1F. The van der Waals surface area contributed by atoms with Gasteiger partial charge in [0.05, 0.1) is 6.10 Å². The zero-order valence-corrected chi connectivity index (χ0v) is 12.7. The van der Waals surface area contributed by atoms with Crippen LogP contribution in [0.4, 0.5) is 10.1 Å². The standard InChI is InChI=1S/C16H21FN2O3/c1-3-10-6-7-12(8-13(10)17)18-16(22)14(9(2)20)19-15(21)11-4-5-11/h6-9,11,14,20H,3-5H2,1-2H3,(H,18,22)(H,19,21). The molecule has 2 rings (SSSR count). The molecule has 0 radical (unpaired) electrons. The smallest absolute Gasteiger partial charge is 0.249 e. The molecule has 1 aromatic rings. The van der Waals surface area contributed by atoms with Gasteiger partial charge in [-0.1, -0.05) is 13.0 Å². The van der Waals surface area contributed by atoms with Gasteiger partial charge in [0, 0.05) is 11.6 Å². The summed E-state index contributed by atoms with van der Waals surface area (Å²) >= 11 is 0. The molecule has 120 valence electrons. The van der Waals surface area contributed by atoms with Crippen molar-refractivity contribution in [3.8, 4) is 0 Å². The Morgan fingerprint density at radius 3 is 2.59 bits per heavy atom. The number of anilines is 1. The van der Waals surface area contributed by atoms with Crippen molar-refractivity contribution in [1.29, 1.82) is 0 Å². The quantitative estimate of drug-likeness (QED) is 0.747. The highest BCUT2D eigenvalue weighted by Crippen LogP contribution is 2.29. The van der Waals surface area contributed by atoms with Crippen LogP contribution in [0.3, 0.4) is 0 Å². The Hall–Kier alpha value is -1.95. The normalized spacial score (nSPS) is 16.7. The van der Waals surface area contributed by atoms with Gasteiger partial charge in [0.2, 0.25) is 11.8 Å². The summed E-state index contributed by atoms with van der Waals surface area (Å²) in [6, 6.07) is 3.38. The number of carbonyl (C=O) groups is 2. The molecule has 1 aromatic carbocycles. The van der Waals surface area contributed by atoms with Crippen LogP contribution in [0.1, 0.15) is 32.3 Å². The van der Waals surface area contributed by atoms with Gasteiger partial charge >= 0.3 is 0 Å². The number of aliphatic hydroxyl groups is 1. The van der Waals surface area contributed by atoms with Gasteiger partial charge in [-0.15, -0.1) is 0 Å². The van der Waals surface area contributed by atoms with Gasteiger partial charge in [-0.3, -0.25) is 9.59 Å². The van der Waals surface area contributed by atoms with E-state index in [4.69, 9.17) is 0 Å². The maximum absolute atomic E-state index is 13.7. The topological polar surface area (TPSA) is 78.4 Å². The molecule has 0 heterocycles. The number of hydrogen-bond donors (Lipinski definition) is 3. The first-order chi connectivity index (χ1) is 10.4. The number of aryl methyl sites for hydroxylation is 1. The van der Waals surface area contributed by atoms with Crippen LogP contribution in [-0.4, -0.2) is 29.1 Å². The van der Waals surface area contributed by atoms with Gasteiger partial charge in [-0.25, -0.2) is 4.39 Å². The molecule has 3 N–H and O–H groups in total. The highest BCUT2D eigenvalue weighted by atomic mass is 19.1. The van der Waals surface area contributed by atoms with Crippen LogP contribution in [0.2, 0.25) is 0 Å². The van der Waals surface area contributed by atoms with E-state index in [-0.39, 0.29) is 11.8 Å². The Labute approximate surface area is 128 Å². The summed E-state index contributed by atoms with van der Waals surface area (Å²) in [7, 11) is 0. The van der Waals surface area contributed by atoms with Crippen molar-refractivity contribution in [3.05, 3.63) is 29.6 Å². The summed E-state index contributed by atoms with van der Waals surface area (Å²) in [5.41, 5.74) is 0.859. The van der Waals surface area contributed by atoms with E-state index in [0.29, 0.717) is 17.7 Å². The number of hydrogen-bond acceptors (Lipinski definition) is 3. The second kappa shape index (κ2) is 6.87. The van der Waals surface area contributed by atoms with E-state index in [1.54, 1.807) is 12.1 Å². The summed E-state index contributed by atoms with van der Waals surface area (Å²) in [5.74, 6) is -1.24. The predicted octanol–water partition coefficient (Wildman–Crippen LogP) is 1.60. The first kappa shape index (κ1) is 16.4. The third-order valence-corrected chi connectivity index (χ3v) is 3.71. The Kier molecular flexibility index (Phi) is 5.13. The maximum atomic E-state index is 13.7. The summed E-state index contributed by atoms with van der Waals surface area (Å²) in [5, 5.41) is 14.8. The number of amides is 2. The van der Waals surface area contributed by atoms with Crippen molar-refractivity contribution in [2.24, 2.45) is 5.92 Å². The molecule has 0 aromatic heterocycles. The molecule has 22 heavy (non-hydrogen) atoms. The lowest BCUT2D eigenvalue weighted by Crippen LogP contribution is -2.50. The number of benzene rings is 1. The van der Waals surface area contributed by atoms with Gasteiger partial charge in [0.25, 0.3) is 0 Å². The molecule has 1 aliphatic rings. The Morgan fingerprint density at radius 1 is 1.41 bits per heavy atom. The second-order valence-electron chi connectivity index (χ2n) is 5.65. The molecule has 1 aliphatic carbocycles. The first-order valence-corrected chi connectivity index (χ1v) is 7.50. The number of carbonyl (C=O) groups excluding carboxylic acids is 2. The zero-order valence-electron chi connectivity index (χ0n) is 12.7. The zero-order chi connectivity index (χ0) is 16.3. The predicted molar refractivity (Wildman–Crippen MR) is 80.7 cm³/mol. The summed E-state index contributed by atoms with van der Waals surface area (Å²) in [4.78, 5) is 23.9. The van der Waals surface area contributed by atoms with Crippen molar-refractivity contribution in [2.75, 3.05) is 5.32 Å². The first-order valence-electron chi connectivity index (χ1n) is 7.50. The average molecular weight is 308 g/mol. The third kappa shape index (κ3) is 4.04. The third-order valence-electron chi connectivity index (χ3n) is 3.71. The highest BCUT2D eigenvalue weighted by Gasteiger charge is 2.34. The van der Waals surface area contributed by atoms with Crippen molar-refractivity contribution in [1.82, 2.24) is 5.32 Å². The summed E-state index contributed by atoms with van der Waals surface area (Å²) in [6.45, 7) is 3.27. The average Bonchev–Trinajstić information content (AvgIpc) is 3.28. The molecule has 0 spiro atoms. The van der Waals surface area contributed by atoms with E-state index in [9.17, 15) is 19.1 Å². The number of nitrogens with one attached hydrogen (secondary N) is 2. The van der Waals surface area contributed by atoms with Crippen molar-refractivity contribution in [2.45, 2.75) is 45.3 Å². The van der Waals surface area contributed by atoms with Crippen LogP contribution < -0.4 is 10.6 Å². The molecule has 0 aliphatic heterocycles. The minimum Gasteiger partial charge on any atom is -0.391 e. The maximum Gasteiger partial charge on any atom is 0.249 e. The fraction of sp³-hybridized carbons (Fsp3) is 0.500. The second-order valence-corrected chi connectivity index (χ2v) is 5.65. The molecule has 2 atom stereocenters. The van der Waals surface area contributed by atoms with E-state index in [1.165, 1.54) is 13.0 Å². The Bertz CT molecular complexity index is 571. The van der Waals surface area contributed by atoms with Gasteiger partial charge in [-0.2, -0.15) is 0 Å². The van der Waals surface area contributed by atoms with Crippen LogP contribution in [0.5, 0.6) is 0 Å². The van der Waals surface area contributed by atoms with Crippen molar-refractivity contribution < 1.29 is 19.1 Å². The van der Waals surface area contributed by atoms with Crippen LogP contribution in [-0.2, 0) is 16.0 Å². The van der Waals surface area contributed by atoms with E-state index >= 15 is 0 Å². The number of aliphatic hydroxyl groups excluding tert-OH is 1. The van der Waals surface area contributed by atoms with E-state index in [2.05, 4.69) is 10.6 Å².